The molecular weight excluding hydrogens is 258 g/mol. The quantitative estimate of drug-likeness (QED) is 0.815. The molecule has 1 saturated heterocycles. The fourth-order valence-electron chi connectivity index (χ4n) is 2.06. The zero-order chi connectivity index (χ0) is 11.9. The number of hydrogen-bond acceptors (Lipinski definition) is 7. The molecule has 2 aliphatic heterocycles. The van der Waals surface area contributed by atoms with Gasteiger partial charge in [-0.2, -0.15) is 0 Å². The van der Waals surface area contributed by atoms with Gasteiger partial charge in [-0.25, -0.2) is 9.97 Å². The topological polar surface area (TPSA) is 58.5 Å². The minimum Gasteiger partial charge on any atom is -0.480 e. The lowest BCUT2D eigenvalue weighted by Crippen LogP contribution is -2.39. The van der Waals surface area contributed by atoms with Crippen molar-refractivity contribution in [3.8, 4) is 5.88 Å². The van der Waals surface area contributed by atoms with Crippen LogP contribution < -0.4 is 4.74 Å². The first-order valence-corrected chi connectivity index (χ1v) is 7.11. The largest absolute Gasteiger partial charge is 0.480 e. The van der Waals surface area contributed by atoms with Crippen LogP contribution in [0.4, 0.5) is 0 Å². The average Bonchev–Trinajstić information content (AvgIpc) is 2.94. The van der Waals surface area contributed by atoms with Gasteiger partial charge >= 0.3 is 0 Å². The number of hydrogen-bond donors (Lipinski definition) is 1. The van der Waals surface area contributed by atoms with Gasteiger partial charge in [0.2, 0.25) is 10.3 Å². The van der Waals surface area contributed by atoms with Crippen molar-refractivity contribution in [1.29, 1.82) is 0 Å². The van der Waals surface area contributed by atoms with E-state index in [-0.39, 0.29) is 0 Å². The molecule has 1 atom stereocenters. The fraction of sp³-hybridized carbons (Fsp3) is 0.600. The highest BCUT2D eigenvalue weighted by Gasteiger charge is 2.46. The maximum Gasteiger partial charge on any atom is 0.231 e. The average molecular weight is 271 g/mol. The smallest absolute Gasteiger partial charge is 0.231 e. The standard InChI is InChI=1S/C10H13N3O2S2/c1-15-8-7-9(12-6-11-8)17-10(14,16-7)13-4-2-3-5-13/h6,14H,2-5H2,1H3. The van der Waals surface area contributed by atoms with Crippen molar-refractivity contribution in [3.63, 3.8) is 0 Å². The van der Waals surface area contributed by atoms with E-state index in [0.717, 1.165) is 35.9 Å². The third-order valence-corrected chi connectivity index (χ3v) is 5.65. The molecule has 5 nitrogen and oxygen atoms in total. The fourth-order valence-corrected chi connectivity index (χ4v) is 4.74. The molecule has 3 rings (SSSR count). The summed E-state index contributed by atoms with van der Waals surface area (Å²) in [6.07, 6.45) is 3.76. The van der Waals surface area contributed by atoms with Crippen molar-refractivity contribution in [3.05, 3.63) is 6.33 Å². The van der Waals surface area contributed by atoms with Crippen LogP contribution in [0.15, 0.2) is 16.2 Å². The number of aliphatic hydroxyl groups is 1. The van der Waals surface area contributed by atoms with Crippen LogP contribution in [0.3, 0.4) is 0 Å². The Morgan fingerprint density at radius 1 is 1.35 bits per heavy atom. The number of nitrogens with zero attached hydrogens (tertiary/aromatic N) is 3. The van der Waals surface area contributed by atoms with E-state index in [1.807, 2.05) is 0 Å². The van der Waals surface area contributed by atoms with E-state index in [1.165, 1.54) is 29.9 Å². The van der Waals surface area contributed by atoms with Gasteiger partial charge in [-0.15, -0.1) is 0 Å². The van der Waals surface area contributed by atoms with E-state index in [2.05, 4.69) is 14.9 Å². The molecule has 2 aliphatic rings. The number of ether oxygens (including phenoxy) is 1. The van der Waals surface area contributed by atoms with Gasteiger partial charge in [0.15, 0.2) is 0 Å². The number of methoxy groups -OCH3 is 1. The maximum atomic E-state index is 10.7. The number of fused-ring (bicyclic) bond motifs is 1. The Bertz CT molecular complexity index is 440. The highest BCUT2D eigenvalue weighted by molar-refractivity contribution is 8.20. The summed E-state index contributed by atoms with van der Waals surface area (Å²) in [4.78, 5) is 11.2. The third kappa shape index (κ3) is 1.91. The number of rotatable bonds is 2. The summed E-state index contributed by atoms with van der Waals surface area (Å²) in [6, 6.07) is 0. The predicted molar refractivity (Wildman–Crippen MR) is 66.1 cm³/mol. The number of thioether (sulfide) groups is 2. The Kier molecular flexibility index (Phi) is 2.94. The maximum absolute atomic E-state index is 10.7. The van der Waals surface area contributed by atoms with Gasteiger partial charge in [-0.3, -0.25) is 4.90 Å². The van der Waals surface area contributed by atoms with E-state index >= 15 is 0 Å². The second-order valence-corrected chi connectivity index (χ2v) is 6.56. The first kappa shape index (κ1) is 11.6. The zero-order valence-electron chi connectivity index (χ0n) is 9.42. The lowest BCUT2D eigenvalue weighted by atomic mass is 10.4. The van der Waals surface area contributed by atoms with Gasteiger partial charge in [-0.05, 0) is 24.6 Å². The van der Waals surface area contributed by atoms with Gasteiger partial charge < -0.3 is 9.84 Å². The first-order chi connectivity index (χ1) is 8.23. The summed E-state index contributed by atoms with van der Waals surface area (Å²) in [5.41, 5.74) is 0. The molecule has 92 valence electrons. The third-order valence-electron chi connectivity index (χ3n) is 2.90. The Labute approximate surface area is 108 Å². The molecule has 0 spiro atoms. The number of likely N-dealkylation sites (tertiary alicyclic amines) is 1. The monoisotopic (exact) mass is 271 g/mol. The summed E-state index contributed by atoms with van der Waals surface area (Å²) in [5, 5.41) is 11.5. The van der Waals surface area contributed by atoms with E-state index in [9.17, 15) is 5.11 Å². The summed E-state index contributed by atoms with van der Waals surface area (Å²) in [5.74, 6) is 0.544. The molecule has 3 heterocycles. The molecule has 0 aromatic carbocycles. The van der Waals surface area contributed by atoms with Crippen LogP contribution in [-0.2, 0) is 0 Å². The molecule has 0 bridgehead atoms. The van der Waals surface area contributed by atoms with E-state index < -0.39 is 4.39 Å². The number of aromatic nitrogens is 2. The summed E-state index contributed by atoms with van der Waals surface area (Å²) in [6.45, 7) is 1.86. The molecule has 0 amide bonds. The Balaban J connectivity index is 1.91. The molecule has 1 aromatic rings. The molecule has 0 radical (unpaired) electrons. The van der Waals surface area contributed by atoms with Gasteiger partial charge in [0.25, 0.3) is 0 Å². The van der Waals surface area contributed by atoms with E-state index in [4.69, 9.17) is 4.74 Å². The van der Waals surface area contributed by atoms with Crippen molar-refractivity contribution in [2.45, 2.75) is 27.2 Å². The minimum absolute atomic E-state index is 0.544. The first-order valence-electron chi connectivity index (χ1n) is 5.47. The van der Waals surface area contributed by atoms with Crippen molar-refractivity contribution in [2.24, 2.45) is 0 Å². The van der Waals surface area contributed by atoms with Gasteiger partial charge in [0.1, 0.15) is 16.2 Å². The lowest BCUT2D eigenvalue weighted by Gasteiger charge is -2.30. The van der Waals surface area contributed by atoms with Gasteiger partial charge in [-0.1, -0.05) is 11.8 Å². The molecule has 0 aliphatic carbocycles. The van der Waals surface area contributed by atoms with Crippen LogP contribution in [0.2, 0.25) is 0 Å². The minimum atomic E-state index is -0.942. The van der Waals surface area contributed by atoms with Crippen molar-refractivity contribution in [2.75, 3.05) is 20.2 Å². The van der Waals surface area contributed by atoms with Gasteiger partial charge in [0, 0.05) is 13.1 Å². The predicted octanol–water partition coefficient (Wildman–Crippen LogP) is 1.38. The van der Waals surface area contributed by atoms with E-state index in [0.29, 0.717) is 5.88 Å². The second-order valence-electron chi connectivity index (χ2n) is 3.96. The molecular formula is C10H13N3O2S2. The van der Waals surface area contributed by atoms with Crippen molar-refractivity contribution >= 4 is 23.5 Å². The normalized spacial score (nSPS) is 28.4. The Hall–Kier alpha value is -0.500. The molecule has 17 heavy (non-hydrogen) atoms. The molecule has 0 saturated carbocycles. The molecule has 1 N–H and O–H groups in total. The van der Waals surface area contributed by atoms with Crippen LogP contribution in [-0.4, -0.2) is 44.6 Å². The van der Waals surface area contributed by atoms with Crippen LogP contribution >= 0.6 is 23.5 Å². The lowest BCUT2D eigenvalue weighted by molar-refractivity contribution is 0.0674. The highest BCUT2D eigenvalue weighted by Crippen LogP contribution is 2.57. The summed E-state index contributed by atoms with van der Waals surface area (Å²) < 4.78 is 4.26. The van der Waals surface area contributed by atoms with Crippen molar-refractivity contribution < 1.29 is 9.84 Å². The Morgan fingerprint density at radius 2 is 2.12 bits per heavy atom. The highest BCUT2D eigenvalue weighted by atomic mass is 32.2. The van der Waals surface area contributed by atoms with E-state index in [1.54, 1.807) is 7.11 Å². The van der Waals surface area contributed by atoms with Crippen LogP contribution in [0.1, 0.15) is 12.8 Å². The zero-order valence-corrected chi connectivity index (χ0v) is 11.1. The molecule has 1 aromatic heterocycles. The van der Waals surface area contributed by atoms with Crippen LogP contribution in [0.25, 0.3) is 0 Å². The van der Waals surface area contributed by atoms with Crippen LogP contribution in [0.5, 0.6) is 5.88 Å². The van der Waals surface area contributed by atoms with Crippen molar-refractivity contribution in [1.82, 2.24) is 14.9 Å². The SMILES string of the molecule is COc1ncnc2c1SC(O)(N1CCCC1)S2. The summed E-state index contributed by atoms with van der Waals surface area (Å²) in [7, 11) is 1.58. The second kappa shape index (κ2) is 4.31. The summed E-state index contributed by atoms with van der Waals surface area (Å²) >= 11 is 2.76. The molecule has 1 unspecified atom stereocenters. The van der Waals surface area contributed by atoms with Gasteiger partial charge in [0.05, 0.1) is 7.11 Å². The van der Waals surface area contributed by atoms with Crippen LogP contribution in [0, 0.1) is 0 Å². The Morgan fingerprint density at radius 3 is 2.82 bits per heavy atom. The molecule has 1 fully saturated rings. The molecule has 7 heteroatoms.